The lowest BCUT2D eigenvalue weighted by Gasteiger charge is -2.28. The first-order chi connectivity index (χ1) is 13.9. The number of hydrogen-bond acceptors (Lipinski definition) is 5. The van der Waals surface area contributed by atoms with Crippen LogP contribution in [-0.4, -0.2) is 42.7 Å². The Labute approximate surface area is 173 Å². The van der Waals surface area contributed by atoms with Crippen LogP contribution in [-0.2, 0) is 16.1 Å². The van der Waals surface area contributed by atoms with E-state index in [9.17, 15) is 14.0 Å². The summed E-state index contributed by atoms with van der Waals surface area (Å²) in [5, 5.41) is 2.55. The fourth-order valence-electron chi connectivity index (χ4n) is 3.27. The van der Waals surface area contributed by atoms with Gasteiger partial charge in [0.15, 0.2) is 11.5 Å². The largest absolute Gasteiger partial charge is 0.493 e. The van der Waals surface area contributed by atoms with E-state index < -0.39 is 6.04 Å². The molecule has 0 aromatic heterocycles. The monoisotopic (exact) mass is 418 g/mol. The minimum absolute atomic E-state index is 0.184. The van der Waals surface area contributed by atoms with Crippen molar-refractivity contribution in [2.24, 2.45) is 0 Å². The number of halogens is 1. The fourth-order valence-corrected chi connectivity index (χ4v) is 4.74. The van der Waals surface area contributed by atoms with Crippen molar-refractivity contribution < 1.29 is 23.5 Å². The Bertz CT molecular complexity index is 891. The maximum absolute atomic E-state index is 13.0. The SMILES string of the molecule is COc1ccc([C@@H]2SC[C@@H](C(=O)NCc3ccc(F)cc3)N2C(C)=O)cc1OC. The average molecular weight is 418 g/mol. The second kappa shape index (κ2) is 9.17. The number of carbonyl (C=O) groups excluding carboxylic acids is 2. The Hall–Kier alpha value is -2.74. The van der Waals surface area contributed by atoms with Crippen molar-refractivity contribution in [3.63, 3.8) is 0 Å². The van der Waals surface area contributed by atoms with Crippen molar-refractivity contribution in [1.29, 1.82) is 0 Å². The molecule has 1 fully saturated rings. The molecule has 0 aliphatic carbocycles. The zero-order valence-electron chi connectivity index (χ0n) is 16.5. The molecule has 2 atom stereocenters. The summed E-state index contributed by atoms with van der Waals surface area (Å²) in [6.45, 7) is 1.73. The van der Waals surface area contributed by atoms with E-state index >= 15 is 0 Å². The van der Waals surface area contributed by atoms with Crippen molar-refractivity contribution in [2.45, 2.75) is 24.9 Å². The Morgan fingerprint density at radius 1 is 1.14 bits per heavy atom. The van der Waals surface area contributed by atoms with Crippen LogP contribution in [0.1, 0.15) is 23.4 Å². The summed E-state index contributed by atoms with van der Waals surface area (Å²) in [6, 6.07) is 10.8. The van der Waals surface area contributed by atoms with Crippen LogP contribution in [0.5, 0.6) is 11.5 Å². The van der Waals surface area contributed by atoms with Crippen LogP contribution in [0.3, 0.4) is 0 Å². The maximum atomic E-state index is 13.0. The molecule has 29 heavy (non-hydrogen) atoms. The van der Waals surface area contributed by atoms with Crippen LogP contribution in [0.4, 0.5) is 4.39 Å². The van der Waals surface area contributed by atoms with Gasteiger partial charge in [0.1, 0.15) is 17.2 Å². The molecule has 0 bridgehead atoms. The molecule has 2 aromatic carbocycles. The highest BCUT2D eigenvalue weighted by molar-refractivity contribution is 7.99. The number of rotatable bonds is 6. The summed E-state index contributed by atoms with van der Waals surface area (Å²) in [7, 11) is 3.11. The molecule has 0 saturated carbocycles. The fraction of sp³-hybridized carbons (Fsp3) is 0.333. The number of benzene rings is 2. The Kier molecular flexibility index (Phi) is 6.64. The van der Waals surface area contributed by atoms with Gasteiger partial charge in [-0.05, 0) is 35.4 Å². The molecular weight excluding hydrogens is 395 g/mol. The third kappa shape index (κ3) is 4.64. The third-order valence-corrected chi connectivity index (χ3v) is 6.06. The highest BCUT2D eigenvalue weighted by Crippen LogP contribution is 2.43. The number of carbonyl (C=O) groups is 2. The number of thioether (sulfide) groups is 1. The molecule has 1 N–H and O–H groups in total. The van der Waals surface area contributed by atoms with Gasteiger partial charge in [0.05, 0.1) is 14.2 Å². The molecule has 6 nitrogen and oxygen atoms in total. The molecule has 1 saturated heterocycles. The lowest BCUT2D eigenvalue weighted by atomic mass is 10.1. The van der Waals surface area contributed by atoms with Crippen LogP contribution < -0.4 is 14.8 Å². The van der Waals surface area contributed by atoms with Gasteiger partial charge >= 0.3 is 0 Å². The Morgan fingerprint density at radius 3 is 2.45 bits per heavy atom. The first kappa shape index (κ1) is 21.0. The highest BCUT2D eigenvalue weighted by atomic mass is 32.2. The predicted molar refractivity (Wildman–Crippen MR) is 109 cm³/mol. The van der Waals surface area contributed by atoms with Crippen molar-refractivity contribution in [3.05, 3.63) is 59.4 Å². The number of nitrogens with zero attached hydrogens (tertiary/aromatic N) is 1. The van der Waals surface area contributed by atoms with Gasteiger partial charge in [-0.3, -0.25) is 9.59 Å². The normalized spacial score (nSPS) is 18.4. The zero-order chi connectivity index (χ0) is 21.0. The summed E-state index contributed by atoms with van der Waals surface area (Å²) in [5.41, 5.74) is 1.65. The average Bonchev–Trinajstić information content (AvgIpc) is 3.18. The summed E-state index contributed by atoms with van der Waals surface area (Å²) >= 11 is 1.52. The van der Waals surface area contributed by atoms with E-state index in [0.717, 1.165) is 11.1 Å². The third-order valence-electron chi connectivity index (χ3n) is 4.74. The van der Waals surface area contributed by atoms with E-state index in [0.29, 0.717) is 17.3 Å². The summed E-state index contributed by atoms with van der Waals surface area (Å²) in [6.07, 6.45) is 0. The van der Waals surface area contributed by atoms with Gasteiger partial charge in [-0.2, -0.15) is 0 Å². The topological polar surface area (TPSA) is 67.9 Å². The second-order valence-corrected chi connectivity index (χ2v) is 7.70. The second-order valence-electron chi connectivity index (χ2n) is 6.59. The minimum Gasteiger partial charge on any atom is -0.493 e. The van der Waals surface area contributed by atoms with Crippen LogP contribution >= 0.6 is 11.8 Å². The molecule has 0 unspecified atom stereocenters. The first-order valence-corrected chi connectivity index (χ1v) is 10.1. The zero-order valence-corrected chi connectivity index (χ0v) is 17.3. The quantitative estimate of drug-likeness (QED) is 0.781. The number of hydrogen-bond donors (Lipinski definition) is 1. The number of ether oxygens (including phenoxy) is 2. The molecular formula is C21H23FN2O4S. The van der Waals surface area contributed by atoms with Crippen LogP contribution in [0.15, 0.2) is 42.5 Å². The van der Waals surface area contributed by atoms with Crippen LogP contribution in [0.2, 0.25) is 0 Å². The molecule has 1 aliphatic rings. The van der Waals surface area contributed by atoms with Gasteiger partial charge in [-0.15, -0.1) is 11.8 Å². The summed E-state index contributed by atoms with van der Waals surface area (Å²) < 4.78 is 23.7. The molecule has 0 spiro atoms. The standard InChI is InChI=1S/C21H23FN2O4S/c1-13(25)24-17(20(26)23-11-14-4-7-16(22)8-5-14)12-29-21(24)15-6-9-18(27-2)19(10-15)28-3/h4-10,17,21H,11-12H2,1-3H3,(H,23,26)/t17-,21-/m0/s1. The van der Waals surface area contributed by atoms with E-state index in [1.807, 2.05) is 12.1 Å². The van der Waals surface area contributed by atoms with Crippen molar-refractivity contribution in [1.82, 2.24) is 10.2 Å². The van der Waals surface area contributed by atoms with Crippen molar-refractivity contribution >= 4 is 23.6 Å². The Balaban J connectivity index is 1.75. The van der Waals surface area contributed by atoms with E-state index in [4.69, 9.17) is 9.47 Å². The lowest BCUT2D eigenvalue weighted by Crippen LogP contribution is -2.47. The minimum atomic E-state index is -0.587. The number of nitrogens with one attached hydrogen (secondary N) is 1. The summed E-state index contributed by atoms with van der Waals surface area (Å²) in [4.78, 5) is 26.7. The van der Waals surface area contributed by atoms with E-state index in [1.54, 1.807) is 37.3 Å². The molecule has 2 aromatic rings. The first-order valence-electron chi connectivity index (χ1n) is 9.09. The highest BCUT2D eigenvalue weighted by Gasteiger charge is 2.41. The number of amides is 2. The molecule has 1 heterocycles. The van der Waals surface area contributed by atoms with Gasteiger partial charge in [-0.1, -0.05) is 18.2 Å². The van der Waals surface area contributed by atoms with Crippen molar-refractivity contribution in [3.8, 4) is 11.5 Å². The summed E-state index contributed by atoms with van der Waals surface area (Å²) in [5.74, 6) is 0.901. The molecule has 3 rings (SSSR count). The molecule has 8 heteroatoms. The van der Waals surface area contributed by atoms with E-state index in [2.05, 4.69) is 5.32 Å². The van der Waals surface area contributed by atoms with Gasteiger partial charge in [0, 0.05) is 19.2 Å². The maximum Gasteiger partial charge on any atom is 0.243 e. The van der Waals surface area contributed by atoms with E-state index in [1.165, 1.54) is 30.8 Å². The van der Waals surface area contributed by atoms with Gasteiger partial charge in [-0.25, -0.2) is 4.39 Å². The number of methoxy groups -OCH3 is 2. The van der Waals surface area contributed by atoms with Gasteiger partial charge in [0.25, 0.3) is 0 Å². The van der Waals surface area contributed by atoms with Crippen molar-refractivity contribution in [2.75, 3.05) is 20.0 Å². The van der Waals surface area contributed by atoms with E-state index in [-0.39, 0.29) is 29.6 Å². The lowest BCUT2D eigenvalue weighted by molar-refractivity contribution is -0.138. The van der Waals surface area contributed by atoms with Gasteiger partial charge in [0.2, 0.25) is 11.8 Å². The van der Waals surface area contributed by atoms with Gasteiger partial charge < -0.3 is 19.7 Å². The molecule has 2 amide bonds. The molecule has 0 radical (unpaired) electrons. The van der Waals surface area contributed by atoms with Crippen LogP contribution in [0, 0.1) is 5.82 Å². The smallest absolute Gasteiger partial charge is 0.243 e. The molecule has 154 valence electrons. The van der Waals surface area contributed by atoms with Crippen LogP contribution in [0.25, 0.3) is 0 Å². The Morgan fingerprint density at radius 2 is 1.83 bits per heavy atom. The molecule has 1 aliphatic heterocycles. The predicted octanol–water partition coefficient (Wildman–Crippen LogP) is 3.12.